The molecule has 0 amide bonds. The lowest BCUT2D eigenvalue weighted by Crippen LogP contribution is -2.30. The van der Waals surface area contributed by atoms with Crippen LogP contribution in [-0.2, 0) is 0 Å². The molecular formula is C22H27N3O2. The normalized spacial score (nSPS) is 12.3. The van der Waals surface area contributed by atoms with Crippen LogP contribution in [0.3, 0.4) is 0 Å². The summed E-state index contributed by atoms with van der Waals surface area (Å²) in [5.74, 6) is 1.34. The predicted octanol–water partition coefficient (Wildman–Crippen LogP) is 4.24. The van der Waals surface area contributed by atoms with Gasteiger partial charge in [-0.15, -0.1) is 0 Å². The summed E-state index contributed by atoms with van der Waals surface area (Å²) in [6.45, 7) is 5.13. The van der Waals surface area contributed by atoms with E-state index in [0.717, 1.165) is 13.0 Å². The highest BCUT2D eigenvalue weighted by molar-refractivity contribution is 5.78. The van der Waals surface area contributed by atoms with Gasteiger partial charge in [0, 0.05) is 0 Å². The molecular weight excluding hydrogens is 338 g/mol. The fraction of sp³-hybridized carbons (Fsp3) is 0.364. The molecule has 142 valence electrons. The third-order valence-corrected chi connectivity index (χ3v) is 4.75. The van der Waals surface area contributed by atoms with E-state index in [2.05, 4.69) is 19.2 Å². The van der Waals surface area contributed by atoms with Crippen LogP contribution in [0.5, 0.6) is 5.75 Å². The maximum absolute atomic E-state index is 13.3. The van der Waals surface area contributed by atoms with E-state index in [0.29, 0.717) is 28.2 Å². The quantitative estimate of drug-likeness (QED) is 0.607. The monoisotopic (exact) mass is 365 g/mol. The fourth-order valence-corrected chi connectivity index (χ4v) is 3.27. The highest BCUT2D eigenvalue weighted by atomic mass is 16.5. The average molecular weight is 365 g/mol. The van der Waals surface area contributed by atoms with Crippen LogP contribution in [0.1, 0.15) is 45.0 Å². The Hall–Kier alpha value is -2.66. The Morgan fingerprint density at radius 3 is 2.63 bits per heavy atom. The molecule has 2 aromatic carbocycles. The van der Waals surface area contributed by atoms with E-state index in [1.54, 1.807) is 11.7 Å². The molecule has 0 spiro atoms. The SMILES string of the molecule is CCCCCN[C@@H](C)c1nc2ccccc2c(=O)n1-c1ccccc1OC. The van der Waals surface area contributed by atoms with Crippen molar-refractivity contribution >= 4 is 10.9 Å². The Bertz CT molecular complexity index is 965. The van der Waals surface area contributed by atoms with E-state index in [-0.39, 0.29) is 11.6 Å². The van der Waals surface area contributed by atoms with Crippen LogP contribution in [-0.4, -0.2) is 23.2 Å². The van der Waals surface area contributed by atoms with Crippen molar-refractivity contribution in [3.8, 4) is 11.4 Å². The van der Waals surface area contributed by atoms with E-state index in [9.17, 15) is 4.79 Å². The minimum absolute atomic E-state index is 0.0657. The summed E-state index contributed by atoms with van der Waals surface area (Å²) in [6.07, 6.45) is 3.47. The maximum Gasteiger partial charge on any atom is 0.266 e. The first-order chi connectivity index (χ1) is 13.2. The molecule has 0 bridgehead atoms. The molecule has 3 rings (SSSR count). The van der Waals surface area contributed by atoms with Gasteiger partial charge in [-0.3, -0.25) is 9.36 Å². The molecule has 0 radical (unpaired) electrons. The van der Waals surface area contributed by atoms with Crippen LogP contribution < -0.4 is 15.6 Å². The number of nitrogens with zero attached hydrogens (tertiary/aromatic N) is 2. The van der Waals surface area contributed by atoms with Gasteiger partial charge in [0.15, 0.2) is 0 Å². The fourth-order valence-electron chi connectivity index (χ4n) is 3.27. The van der Waals surface area contributed by atoms with Gasteiger partial charge >= 0.3 is 0 Å². The molecule has 0 unspecified atom stereocenters. The van der Waals surface area contributed by atoms with Crippen molar-refractivity contribution < 1.29 is 4.74 Å². The van der Waals surface area contributed by atoms with Gasteiger partial charge in [0.25, 0.3) is 5.56 Å². The van der Waals surface area contributed by atoms with Crippen LogP contribution in [0, 0.1) is 0 Å². The second kappa shape index (κ2) is 8.82. The topological polar surface area (TPSA) is 56.2 Å². The minimum Gasteiger partial charge on any atom is -0.495 e. The number of hydrogen-bond donors (Lipinski definition) is 1. The number of para-hydroxylation sites is 3. The Morgan fingerprint density at radius 1 is 1.11 bits per heavy atom. The van der Waals surface area contributed by atoms with Crippen LogP contribution in [0.4, 0.5) is 0 Å². The second-order valence-electron chi connectivity index (χ2n) is 6.68. The summed E-state index contributed by atoms with van der Waals surface area (Å²) in [4.78, 5) is 18.2. The smallest absolute Gasteiger partial charge is 0.266 e. The molecule has 0 aliphatic rings. The second-order valence-corrected chi connectivity index (χ2v) is 6.68. The minimum atomic E-state index is -0.0812. The van der Waals surface area contributed by atoms with Crippen molar-refractivity contribution in [3.05, 3.63) is 64.7 Å². The van der Waals surface area contributed by atoms with Crippen LogP contribution in [0.2, 0.25) is 0 Å². The molecule has 1 atom stereocenters. The van der Waals surface area contributed by atoms with Crippen LogP contribution in [0.25, 0.3) is 16.6 Å². The highest BCUT2D eigenvalue weighted by Crippen LogP contribution is 2.25. The van der Waals surface area contributed by atoms with Gasteiger partial charge in [-0.05, 0) is 44.2 Å². The molecule has 1 aromatic heterocycles. The summed E-state index contributed by atoms with van der Waals surface area (Å²) < 4.78 is 7.19. The van der Waals surface area contributed by atoms with Gasteiger partial charge in [-0.2, -0.15) is 0 Å². The molecule has 3 aromatic rings. The van der Waals surface area contributed by atoms with E-state index in [4.69, 9.17) is 9.72 Å². The molecule has 0 fully saturated rings. The number of rotatable bonds is 8. The standard InChI is InChI=1S/C22H27N3O2/c1-4-5-10-15-23-16(2)21-24-18-12-7-6-11-17(18)22(26)25(21)19-13-8-9-14-20(19)27-3/h6-9,11-14,16,23H,4-5,10,15H2,1-3H3/t16-/m0/s1. The molecule has 5 nitrogen and oxygen atoms in total. The summed E-state index contributed by atoms with van der Waals surface area (Å²) in [6, 6.07) is 15.0. The van der Waals surface area contributed by atoms with Crippen molar-refractivity contribution in [1.29, 1.82) is 0 Å². The van der Waals surface area contributed by atoms with E-state index >= 15 is 0 Å². The summed E-state index contributed by atoms with van der Waals surface area (Å²) in [5, 5.41) is 4.11. The number of methoxy groups -OCH3 is 1. The number of unbranched alkanes of at least 4 members (excludes halogenated alkanes) is 2. The van der Waals surface area contributed by atoms with Crippen molar-refractivity contribution in [3.63, 3.8) is 0 Å². The average Bonchev–Trinajstić information content (AvgIpc) is 2.71. The Balaban J connectivity index is 2.14. The van der Waals surface area contributed by atoms with Gasteiger partial charge in [0.1, 0.15) is 11.6 Å². The third-order valence-electron chi connectivity index (χ3n) is 4.75. The third kappa shape index (κ3) is 4.03. The van der Waals surface area contributed by atoms with Crippen molar-refractivity contribution in [2.24, 2.45) is 0 Å². The zero-order valence-corrected chi connectivity index (χ0v) is 16.2. The van der Waals surface area contributed by atoms with E-state index < -0.39 is 0 Å². The Kier molecular flexibility index (Phi) is 6.24. The summed E-state index contributed by atoms with van der Waals surface area (Å²) in [7, 11) is 1.62. The number of hydrogen-bond acceptors (Lipinski definition) is 4. The zero-order chi connectivity index (χ0) is 19.2. The van der Waals surface area contributed by atoms with Crippen molar-refractivity contribution in [2.75, 3.05) is 13.7 Å². The lowest BCUT2D eigenvalue weighted by Gasteiger charge is -2.21. The van der Waals surface area contributed by atoms with Crippen molar-refractivity contribution in [2.45, 2.75) is 39.2 Å². The lowest BCUT2D eigenvalue weighted by atomic mass is 10.2. The van der Waals surface area contributed by atoms with Gasteiger partial charge in [0.2, 0.25) is 0 Å². The predicted molar refractivity (Wildman–Crippen MR) is 110 cm³/mol. The van der Waals surface area contributed by atoms with Gasteiger partial charge in [-0.1, -0.05) is 44.0 Å². The summed E-state index contributed by atoms with van der Waals surface area (Å²) >= 11 is 0. The van der Waals surface area contributed by atoms with Gasteiger partial charge < -0.3 is 10.1 Å². The van der Waals surface area contributed by atoms with Crippen molar-refractivity contribution in [1.82, 2.24) is 14.9 Å². The van der Waals surface area contributed by atoms with Gasteiger partial charge in [0.05, 0.1) is 29.7 Å². The molecule has 0 aliphatic heterocycles. The first-order valence-corrected chi connectivity index (χ1v) is 9.55. The number of benzene rings is 2. The lowest BCUT2D eigenvalue weighted by molar-refractivity contribution is 0.411. The van der Waals surface area contributed by atoms with Crippen LogP contribution >= 0.6 is 0 Å². The Labute approximate surface area is 160 Å². The molecule has 5 heteroatoms. The maximum atomic E-state index is 13.3. The molecule has 27 heavy (non-hydrogen) atoms. The van der Waals surface area contributed by atoms with Gasteiger partial charge in [-0.25, -0.2) is 4.98 Å². The molecule has 0 saturated carbocycles. The van der Waals surface area contributed by atoms with E-state index in [1.165, 1.54) is 12.8 Å². The number of fused-ring (bicyclic) bond motifs is 1. The summed E-state index contributed by atoms with van der Waals surface area (Å²) in [5.41, 5.74) is 1.34. The number of nitrogens with one attached hydrogen (secondary N) is 1. The molecule has 1 N–H and O–H groups in total. The number of ether oxygens (including phenoxy) is 1. The number of aromatic nitrogens is 2. The molecule has 0 aliphatic carbocycles. The molecule has 0 saturated heterocycles. The van der Waals surface area contributed by atoms with E-state index in [1.807, 2.05) is 48.5 Å². The first-order valence-electron chi connectivity index (χ1n) is 9.55. The Morgan fingerprint density at radius 2 is 1.85 bits per heavy atom. The molecule has 1 heterocycles. The van der Waals surface area contributed by atoms with Crippen LogP contribution in [0.15, 0.2) is 53.3 Å². The largest absolute Gasteiger partial charge is 0.495 e. The zero-order valence-electron chi connectivity index (χ0n) is 16.2. The first kappa shape index (κ1) is 19.1. The highest BCUT2D eigenvalue weighted by Gasteiger charge is 2.19.